The van der Waals surface area contributed by atoms with E-state index >= 15 is 0 Å². The molecule has 5 amide bonds. The number of carboxylic acid groups (broad SMARTS) is 1. The molecule has 0 radical (unpaired) electrons. The third-order valence-electron chi connectivity index (χ3n) is 9.89. The van der Waals surface area contributed by atoms with E-state index in [1.165, 1.54) is 17.0 Å². The Bertz CT molecular complexity index is 1540. The molecule has 5 N–H and O–H groups in total. The first-order valence-corrected chi connectivity index (χ1v) is 17.9. The third-order valence-corrected chi connectivity index (χ3v) is 9.89. The van der Waals surface area contributed by atoms with Crippen LogP contribution in [0.5, 0.6) is 0 Å². The maximum Gasteiger partial charge on any atom is 0.335 e. The summed E-state index contributed by atoms with van der Waals surface area (Å²) in [6.45, 7) is 19.8. The number of ether oxygens (including phenoxy) is 1. The lowest BCUT2D eigenvalue weighted by Gasteiger charge is -2.38. The van der Waals surface area contributed by atoms with Crippen LogP contribution in [0.4, 0.5) is 13.6 Å². The number of nitrogens with one attached hydrogen (secondary N) is 4. The Balaban J connectivity index is 1.78. The van der Waals surface area contributed by atoms with Crippen LogP contribution in [0.2, 0.25) is 0 Å². The molecule has 0 unspecified atom stereocenters. The highest BCUT2D eigenvalue weighted by atomic mass is 19.3. The number of likely N-dealkylation sites (tertiary alicyclic amines) is 1. The zero-order valence-electron chi connectivity index (χ0n) is 32.7. The molecule has 6 atom stereocenters. The van der Waals surface area contributed by atoms with E-state index in [0.29, 0.717) is 5.56 Å². The lowest BCUT2D eigenvalue weighted by Crippen LogP contribution is -2.63. The summed E-state index contributed by atoms with van der Waals surface area (Å²) in [6.07, 6.45) is -3.60. The zero-order chi connectivity index (χ0) is 40.4. The largest absolute Gasteiger partial charge is 0.478 e. The number of amides is 5. The van der Waals surface area contributed by atoms with Crippen molar-refractivity contribution < 1.29 is 47.4 Å². The fourth-order valence-corrected chi connectivity index (χ4v) is 6.86. The number of carbonyl (C=O) groups is 6. The molecule has 13 nitrogen and oxygen atoms in total. The van der Waals surface area contributed by atoms with Gasteiger partial charge in [-0.15, -0.1) is 0 Å². The number of esters is 1. The first-order chi connectivity index (χ1) is 24.1. The van der Waals surface area contributed by atoms with Crippen LogP contribution in [0.25, 0.3) is 0 Å². The van der Waals surface area contributed by atoms with Gasteiger partial charge >= 0.3 is 18.0 Å². The van der Waals surface area contributed by atoms with Crippen molar-refractivity contribution in [3.63, 3.8) is 0 Å². The number of carbonyl (C=O) groups excluding carboxylic acids is 5. The third kappa shape index (κ3) is 11.1. The molecule has 1 aliphatic heterocycles. The minimum Gasteiger partial charge on any atom is -0.478 e. The molecule has 1 aliphatic carbocycles. The minimum absolute atomic E-state index is 0.0393. The fraction of sp³-hybridized carbons (Fsp3) is 0.684. The van der Waals surface area contributed by atoms with Gasteiger partial charge in [0.2, 0.25) is 24.1 Å². The number of alkyl halides is 2. The number of aromatic carboxylic acids is 1. The Kier molecular flexibility index (Phi) is 13.0. The Morgan fingerprint density at radius 3 is 1.92 bits per heavy atom. The summed E-state index contributed by atoms with van der Waals surface area (Å²) in [5.74, 6) is -4.27. The normalized spacial score (nSPS) is 21.1. The number of hydrogen-bond donors (Lipinski definition) is 5. The van der Waals surface area contributed by atoms with E-state index in [1.807, 2.05) is 13.8 Å². The lowest BCUT2D eigenvalue weighted by atomic mass is 9.85. The van der Waals surface area contributed by atoms with Gasteiger partial charge in [-0.05, 0) is 73.0 Å². The second kappa shape index (κ2) is 16.0. The first kappa shape index (κ1) is 43.1. The van der Waals surface area contributed by atoms with Gasteiger partial charge < -0.3 is 36.0 Å². The maximum atomic E-state index is 14.3. The second-order valence-electron chi connectivity index (χ2n) is 17.9. The smallest absolute Gasteiger partial charge is 0.335 e. The van der Waals surface area contributed by atoms with E-state index < -0.39 is 89.1 Å². The standard InChI is InChI=1S/C38H57F2N5O8/c1-35(2,3)27(43-34(52)44-28(36(4,5)6)33(51)53-37(7,8)9)31(48)45-19-22-25(38(22,10)11)26(45)30(47)42-23(18-24(39)40)29(46)41-17-16-20-12-14-21(15-13-20)32(49)50/h12-15,22-28H,16-19H2,1-11H3,(H,41,46)(H,42,47)(H,49,50)(H2,43,44,52)/t22-,23-,25-,26-,27+,28+/m0/s1. The molecule has 1 saturated heterocycles. The van der Waals surface area contributed by atoms with E-state index in [-0.39, 0.29) is 42.3 Å². The molecule has 0 spiro atoms. The topological polar surface area (TPSA) is 183 Å². The highest BCUT2D eigenvalue weighted by molar-refractivity contribution is 5.96. The van der Waals surface area contributed by atoms with Crippen molar-refractivity contribution in [3.05, 3.63) is 35.4 Å². The van der Waals surface area contributed by atoms with Crippen molar-refractivity contribution in [2.24, 2.45) is 28.1 Å². The molecule has 1 aromatic rings. The Morgan fingerprint density at radius 2 is 1.43 bits per heavy atom. The SMILES string of the molecule is CC(C)(C)OC(=O)[C@@H](NC(=O)N[C@H](C(=O)N1C[C@H]2[C@@H]([C@H]1C(=O)N[C@@H](CC(F)F)C(=O)NCCc1ccc(C(=O)O)cc1)C2(C)C)C(C)(C)C)C(C)(C)C. The molecule has 2 aliphatic rings. The second-order valence-corrected chi connectivity index (χ2v) is 17.9. The number of urea groups is 1. The van der Waals surface area contributed by atoms with E-state index in [0.717, 1.165) is 0 Å². The van der Waals surface area contributed by atoms with Gasteiger partial charge in [0.05, 0.1) is 5.56 Å². The molecule has 15 heteroatoms. The highest BCUT2D eigenvalue weighted by Gasteiger charge is 2.70. The van der Waals surface area contributed by atoms with Crippen molar-refractivity contribution in [1.29, 1.82) is 0 Å². The molecular formula is C38H57F2N5O8. The van der Waals surface area contributed by atoms with Crippen molar-refractivity contribution in [2.75, 3.05) is 13.1 Å². The molecule has 2 fully saturated rings. The van der Waals surface area contributed by atoms with E-state index in [1.54, 1.807) is 74.4 Å². The van der Waals surface area contributed by atoms with Crippen LogP contribution >= 0.6 is 0 Å². The summed E-state index contributed by atoms with van der Waals surface area (Å²) < 4.78 is 33.0. The number of fused-ring (bicyclic) bond motifs is 1. The molecule has 1 aromatic carbocycles. The predicted molar refractivity (Wildman–Crippen MR) is 193 cm³/mol. The highest BCUT2D eigenvalue weighted by Crippen LogP contribution is 2.65. The molecule has 1 saturated carbocycles. The lowest BCUT2D eigenvalue weighted by molar-refractivity contribution is -0.160. The van der Waals surface area contributed by atoms with Gasteiger partial charge in [-0.2, -0.15) is 0 Å². The quantitative estimate of drug-likeness (QED) is 0.187. The van der Waals surface area contributed by atoms with Crippen molar-refractivity contribution in [3.8, 4) is 0 Å². The number of carboxylic acids is 1. The number of hydrogen-bond acceptors (Lipinski definition) is 7. The molecule has 0 bridgehead atoms. The Hall–Kier alpha value is -4.30. The van der Waals surface area contributed by atoms with Gasteiger partial charge in [-0.25, -0.2) is 23.2 Å². The summed E-state index contributed by atoms with van der Waals surface area (Å²) >= 11 is 0. The van der Waals surface area contributed by atoms with Gasteiger partial charge in [0, 0.05) is 19.5 Å². The molecule has 0 aromatic heterocycles. The van der Waals surface area contributed by atoms with Crippen LogP contribution in [0, 0.1) is 28.1 Å². The number of benzene rings is 1. The van der Waals surface area contributed by atoms with Crippen molar-refractivity contribution in [1.82, 2.24) is 26.2 Å². The van der Waals surface area contributed by atoms with Gasteiger partial charge in [0.15, 0.2) is 0 Å². The number of nitrogens with zero attached hydrogens (tertiary/aromatic N) is 1. The van der Waals surface area contributed by atoms with Gasteiger partial charge in [-0.1, -0.05) is 67.5 Å². The zero-order valence-corrected chi connectivity index (χ0v) is 32.7. The summed E-state index contributed by atoms with van der Waals surface area (Å²) in [4.78, 5) is 80.4. The summed E-state index contributed by atoms with van der Waals surface area (Å²) in [5, 5.41) is 19.5. The fourth-order valence-electron chi connectivity index (χ4n) is 6.86. The van der Waals surface area contributed by atoms with Crippen LogP contribution in [0.1, 0.15) is 98.5 Å². The number of piperidine rings is 1. The van der Waals surface area contributed by atoms with Crippen LogP contribution in [-0.2, 0) is 30.3 Å². The summed E-state index contributed by atoms with van der Waals surface area (Å²) in [7, 11) is 0. The van der Waals surface area contributed by atoms with Crippen LogP contribution in [0.3, 0.4) is 0 Å². The van der Waals surface area contributed by atoms with Crippen molar-refractivity contribution >= 4 is 35.7 Å². The van der Waals surface area contributed by atoms with Gasteiger partial charge in [0.25, 0.3) is 0 Å². The Labute approximate surface area is 310 Å². The van der Waals surface area contributed by atoms with Gasteiger partial charge in [0.1, 0.15) is 29.8 Å². The first-order valence-electron chi connectivity index (χ1n) is 17.9. The van der Waals surface area contributed by atoms with E-state index in [9.17, 15) is 37.5 Å². The van der Waals surface area contributed by atoms with E-state index in [2.05, 4.69) is 21.3 Å². The van der Waals surface area contributed by atoms with Gasteiger partial charge in [-0.3, -0.25) is 14.4 Å². The summed E-state index contributed by atoms with van der Waals surface area (Å²) in [6, 6.07) is 0.289. The molecule has 53 heavy (non-hydrogen) atoms. The number of halogens is 2. The van der Waals surface area contributed by atoms with Crippen LogP contribution in [0.15, 0.2) is 24.3 Å². The molecule has 296 valence electrons. The average Bonchev–Trinajstić information content (AvgIpc) is 3.31. The Morgan fingerprint density at radius 1 is 0.887 bits per heavy atom. The number of rotatable bonds is 13. The van der Waals surface area contributed by atoms with E-state index in [4.69, 9.17) is 9.84 Å². The van der Waals surface area contributed by atoms with Crippen LogP contribution < -0.4 is 21.3 Å². The predicted octanol–water partition coefficient (Wildman–Crippen LogP) is 4.14. The molecule has 1 heterocycles. The van der Waals surface area contributed by atoms with Crippen molar-refractivity contribution in [2.45, 2.75) is 125 Å². The summed E-state index contributed by atoms with van der Waals surface area (Å²) in [5.41, 5.74) is -1.97. The monoisotopic (exact) mass is 749 g/mol. The average molecular weight is 750 g/mol. The molecule has 3 rings (SSSR count). The minimum atomic E-state index is -2.92. The molecular weight excluding hydrogens is 692 g/mol. The maximum absolute atomic E-state index is 14.3. The van der Waals surface area contributed by atoms with Crippen LogP contribution in [-0.4, -0.2) is 95.0 Å².